The summed E-state index contributed by atoms with van der Waals surface area (Å²) in [7, 11) is 1.34. The summed E-state index contributed by atoms with van der Waals surface area (Å²) in [6, 6.07) is 3.47. The first kappa shape index (κ1) is 13.4. The third kappa shape index (κ3) is 3.42. The first-order valence-electron chi connectivity index (χ1n) is 5.52. The van der Waals surface area contributed by atoms with Gasteiger partial charge in [0.25, 0.3) is 0 Å². The minimum atomic E-state index is -0.388. The predicted molar refractivity (Wildman–Crippen MR) is 65.1 cm³/mol. The fourth-order valence-electron chi connectivity index (χ4n) is 1.57. The molecule has 1 heterocycles. The van der Waals surface area contributed by atoms with E-state index in [2.05, 4.69) is 9.72 Å². The van der Waals surface area contributed by atoms with Crippen molar-refractivity contribution < 1.29 is 14.6 Å². The summed E-state index contributed by atoms with van der Waals surface area (Å²) in [5, 5.41) is 9.01. The van der Waals surface area contributed by atoms with E-state index >= 15 is 0 Å². The molecule has 0 atom stereocenters. The van der Waals surface area contributed by atoms with Gasteiger partial charge in [0.2, 0.25) is 0 Å². The molecule has 94 valence electrons. The predicted octanol–water partition coefficient (Wildman–Crippen LogP) is 1.08. The van der Waals surface area contributed by atoms with Crippen LogP contribution in [-0.2, 0) is 4.74 Å². The molecule has 1 rings (SSSR count). The highest BCUT2D eigenvalue weighted by Gasteiger charge is 2.13. The minimum Gasteiger partial charge on any atom is -0.465 e. The number of ether oxygens (including phenoxy) is 1. The molecule has 17 heavy (non-hydrogen) atoms. The van der Waals surface area contributed by atoms with Crippen molar-refractivity contribution in [1.82, 2.24) is 4.98 Å². The molecule has 0 aromatic carbocycles. The topological polar surface area (TPSA) is 62.7 Å². The van der Waals surface area contributed by atoms with E-state index in [4.69, 9.17) is 5.11 Å². The number of aromatic nitrogens is 1. The van der Waals surface area contributed by atoms with Crippen LogP contribution < -0.4 is 4.90 Å². The number of aliphatic hydroxyl groups is 1. The van der Waals surface area contributed by atoms with E-state index in [1.807, 2.05) is 18.7 Å². The molecule has 0 spiro atoms. The molecule has 1 aromatic rings. The number of pyridine rings is 1. The molecule has 0 bridgehead atoms. The van der Waals surface area contributed by atoms with Crippen molar-refractivity contribution in [1.29, 1.82) is 0 Å². The van der Waals surface area contributed by atoms with Crippen LogP contribution in [0.4, 0.5) is 5.82 Å². The van der Waals surface area contributed by atoms with Crippen molar-refractivity contribution in [2.75, 3.05) is 25.2 Å². The van der Waals surface area contributed by atoms with Crippen LogP contribution in [0, 0.1) is 0 Å². The van der Waals surface area contributed by atoms with E-state index in [0.717, 1.165) is 0 Å². The molecule has 0 fully saturated rings. The molecule has 0 amide bonds. The van der Waals surface area contributed by atoms with Crippen molar-refractivity contribution in [2.24, 2.45) is 0 Å². The SMILES string of the molecule is COC(=O)c1ccnc(N(CCO)C(C)C)c1. The summed E-state index contributed by atoms with van der Waals surface area (Å²) in [5.41, 5.74) is 0.459. The average molecular weight is 238 g/mol. The molecule has 5 heteroatoms. The molecule has 0 aliphatic heterocycles. The number of nitrogens with zero attached hydrogens (tertiary/aromatic N) is 2. The highest BCUT2D eigenvalue weighted by atomic mass is 16.5. The molecular formula is C12H18N2O3. The number of anilines is 1. The first-order chi connectivity index (χ1) is 8.10. The van der Waals surface area contributed by atoms with Gasteiger partial charge in [-0.15, -0.1) is 0 Å². The summed E-state index contributed by atoms with van der Waals surface area (Å²) < 4.78 is 4.66. The molecule has 5 nitrogen and oxygen atoms in total. The van der Waals surface area contributed by atoms with Crippen LogP contribution in [-0.4, -0.2) is 42.4 Å². The van der Waals surface area contributed by atoms with Crippen LogP contribution in [0.5, 0.6) is 0 Å². The lowest BCUT2D eigenvalue weighted by molar-refractivity contribution is 0.0600. The normalized spacial score (nSPS) is 10.4. The fraction of sp³-hybridized carbons (Fsp3) is 0.500. The van der Waals surface area contributed by atoms with E-state index < -0.39 is 0 Å². The van der Waals surface area contributed by atoms with Crippen LogP contribution in [0.1, 0.15) is 24.2 Å². The zero-order chi connectivity index (χ0) is 12.8. The standard InChI is InChI=1S/C12H18N2O3/c1-9(2)14(6-7-15)11-8-10(4-5-13-11)12(16)17-3/h4-5,8-9,15H,6-7H2,1-3H3. The largest absolute Gasteiger partial charge is 0.465 e. The van der Waals surface area contributed by atoms with E-state index in [1.54, 1.807) is 18.3 Å². The van der Waals surface area contributed by atoms with E-state index in [-0.39, 0.29) is 18.6 Å². The van der Waals surface area contributed by atoms with Crippen molar-refractivity contribution in [2.45, 2.75) is 19.9 Å². The second-order valence-corrected chi connectivity index (χ2v) is 3.91. The van der Waals surface area contributed by atoms with Crippen LogP contribution in [0.25, 0.3) is 0 Å². The van der Waals surface area contributed by atoms with Gasteiger partial charge in [-0.2, -0.15) is 0 Å². The Hall–Kier alpha value is -1.62. The fourth-order valence-corrected chi connectivity index (χ4v) is 1.57. The summed E-state index contributed by atoms with van der Waals surface area (Å²) in [5.74, 6) is 0.276. The van der Waals surface area contributed by atoms with E-state index in [1.165, 1.54) is 7.11 Å². The zero-order valence-corrected chi connectivity index (χ0v) is 10.4. The molecule has 0 unspecified atom stereocenters. The zero-order valence-electron chi connectivity index (χ0n) is 10.4. The van der Waals surface area contributed by atoms with Gasteiger partial charge in [0, 0.05) is 18.8 Å². The van der Waals surface area contributed by atoms with Gasteiger partial charge in [-0.3, -0.25) is 0 Å². The van der Waals surface area contributed by atoms with Crippen molar-refractivity contribution >= 4 is 11.8 Å². The second kappa shape index (κ2) is 6.20. The molecular weight excluding hydrogens is 220 g/mol. The maximum absolute atomic E-state index is 11.4. The number of hydrogen-bond acceptors (Lipinski definition) is 5. The Morgan fingerprint density at radius 1 is 1.59 bits per heavy atom. The van der Waals surface area contributed by atoms with Gasteiger partial charge in [0.15, 0.2) is 0 Å². The summed E-state index contributed by atoms with van der Waals surface area (Å²) >= 11 is 0. The van der Waals surface area contributed by atoms with Crippen LogP contribution >= 0.6 is 0 Å². The molecule has 0 saturated carbocycles. The summed E-state index contributed by atoms with van der Waals surface area (Å²) in [4.78, 5) is 17.5. The van der Waals surface area contributed by atoms with Gasteiger partial charge in [-0.1, -0.05) is 0 Å². The number of rotatable bonds is 5. The van der Waals surface area contributed by atoms with Crippen LogP contribution in [0.3, 0.4) is 0 Å². The Balaban J connectivity index is 2.99. The third-order valence-corrected chi connectivity index (χ3v) is 2.43. The Morgan fingerprint density at radius 3 is 2.82 bits per heavy atom. The number of carbonyl (C=O) groups is 1. The highest BCUT2D eigenvalue weighted by molar-refractivity contribution is 5.90. The van der Waals surface area contributed by atoms with Gasteiger partial charge in [0.1, 0.15) is 5.82 Å². The molecule has 1 N–H and O–H groups in total. The number of hydrogen-bond donors (Lipinski definition) is 1. The molecule has 1 aromatic heterocycles. The number of esters is 1. The first-order valence-corrected chi connectivity index (χ1v) is 5.52. The van der Waals surface area contributed by atoms with Gasteiger partial charge < -0.3 is 14.7 Å². The molecule has 0 aliphatic rings. The van der Waals surface area contributed by atoms with Gasteiger partial charge >= 0.3 is 5.97 Å². The monoisotopic (exact) mass is 238 g/mol. The lowest BCUT2D eigenvalue weighted by Crippen LogP contribution is -2.34. The van der Waals surface area contributed by atoms with Gasteiger partial charge in [-0.05, 0) is 26.0 Å². The summed E-state index contributed by atoms with van der Waals surface area (Å²) in [6.07, 6.45) is 1.56. The maximum Gasteiger partial charge on any atom is 0.338 e. The molecule has 0 saturated heterocycles. The smallest absolute Gasteiger partial charge is 0.338 e. The van der Waals surface area contributed by atoms with Crippen LogP contribution in [0.15, 0.2) is 18.3 Å². The Labute approximate surface area is 101 Å². The average Bonchev–Trinajstić information content (AvgIpc) is 2.34. The lowest BCUT2D eigenvalue weighted by atomic mass is 10.2. The van der Waals surface area contributed by atoms with Crippen molar-refractivity contribution in [3.63, 3.8) is 0 Å². The van der Waals surface area contributed by atoms with Gasteiger partial charge in [-0.25, -0.2) is 9.78 Å². The van der Waals surface area contributed by atoms with Crippen LogP contribution in [0.2, 0.25) is 0 Å². The highest BCUT2D eigenvalue weighted by Crippen LogP contribution is 2.15. The Morgan fingerprint density at radius 2 is 2.29 bits per heavy atom. The van der Waals surface area contributed by atoms with Gasteiger partial charge in [0.05, 0.1) is 19.3 Å². The third-order valence-electron chi connectivity index (χ3n) is 2.43. The lowest BCUT2D eigenvalue weighted by Gasteiger charge is -2.27. The van der Waals surface area contributed by atoms with E-state index in [9.17, 15) is 4.79 Å². The van der Waals surface area contributed by atoms with E-state index in [0.29, 0.717) is 17.9 Å². The molecule has 0 aliphatic carbocycles. The maximum atomic E-state index is 11.4. The number of methoxy groups -OCH3 is 1. The summed E-state index contributed by atoms with van der Waals surface area (Å²) in [6.45, 7) is 4.53. The number of carbonyl (C=O) groups excluding carboxylic acids is 1. The van der Waals surface area contributed by atoms with Crippen molar-refractivity contribution in [3.8, 4) is 0 Å². The molecule has 0 radical (unpaired) electrons. The number of aliphatic hydroxyl groups excluding tert-OH is 1. The Kier molecular flexibility index (Phi) is 4.90. The second-order valence-electron chi connectivity index (χ2n) is 3.91. The minimum absolute atomic E-state index is 0.0440. The Bertz CT molecular complexity index is 380. The quantitative estimate of drug-likeness (QED) is 0.778. The van der Waals surface area contributed by atoms with Crippen molar-refractivity contribution in [3.05, 3.63) is 23.9 Å².